The molecule has 2 rings (SSSR count). The van der Waals surface area contributed by atoms with Crippen LogP contribution < -0.4 is 15.4 Å². The molecule has 124 valence electrons. The fraction of sp³-hybridized carbons (Fsp3) is 0.500. The Morgan fingerprint density at radius 3 is 3.09 bits per heavy atom. The molecule has 1 amide bonds. The Morgan fingerprint density at radius 1 is 1.50 bits per heavy atom. The highest BCUT2D eigenvalue weighted by Crippen LogP contribution is 2.17. The fourth-order valence-corrected chi connectivity index (χ4v) is 3.78. The molecule has 1 aromatic carbocycles. The molecule has 1 aromatic rings. The number of thioether (sulfide) groups is 2. The monoisotopic (exact) mass is 426 g/mol. The third-order valence-corrected chi connectivity index (χ3v) is 5.25. The number of carbonyl (C=O) groups excluding carboxylic acids is 1. The summed E-state index contributed by atoms with van der Waals surface area (Å²) in [5.74, 6) is 4.57. The normalized spacial score (nSPS) is 16.9. The maximum atomic E-state index is 11.7. The molecule has 0 aromatic heterocycles. The quantitative estimate of drug-likeness (QED) is 0.625. The maximum Gasteiger partial charge on any atom is 0.238 e. The SMILES string of the molecule is Cl.O=C(NCCSCCOc1cccc(Br)c1)C1CSCN1. The predicted molar refractivity (Wildman–Crippen MR) is 101 cm³/mol. The molecule has 22 heavy (non-hydrogen) atoms. The number of carbonyl (C=O) groups is 1. The Hall–Kier alpha value is -0.0800. The Bertz CT molecular complexity index is 462. The molecule has 0 bridgehead atoms. The van der Waals surface area contributed by atoms with Gasteiger partial charge in [0.15, 0.2) is 0 Å². The minimum Gasteiger partial charge on any atom is -0.493 e. The summed E-state index contributed by atoms with van der Waals surface area (Å²) in [6.45, 7) is 1.39. The third-order valence-electron chi connectivity index (χ3n) is 2.87. The number of ether oxygens (including phenoxy) is 1. The van der Waals surface area contributed by atoms with Gasteiger partial charge < -0.3 is 10.1 Å². The number of nitrogens with one attached hydrogen (secondary N) is 2. The highest BCUT2D eigenvalue weighted by atomic mass is 79.9. The van der Waals surface area contributed by atoms with Crippen molar-refractivity contribution in [3.63, 3.8) is 0 Å². The molecule has 1 atom stereocenters. The van der Waals surface area contributed by atoms with Crippen molar-refractivity contribution in [1.29, 1.82) is 0 Å². The van der Waals surface area contributed by atoms with Gasteiger partial charge in [0.05, 0.1) is 12.6 Å². The standard InChI is InChI=1S/C14H19BrN2O2S2.ClH/c15-11-2-1-3-12(8-11)19-5-7-20-6-4-16-14(18)13-9-21-10-17-13;/h1-3,8,13,17H,4-7,9-10H2,(H,16,18);1H. The zero-order valence-electron chi connectivity index (χ0n) is 12.0. The van der Waals surface area contributed by atoms with Crippen molar-refractivity contribution in [1.82, 2.24) is 10.6 Å². The Morgan fingerprint density at radius 2 is 2.36 bits per heavy atom. The largest absolute Gasteiger partial charge is 0.493 e. The van der Waals surface area contributed by atoms with Gasteiger partial charge in [-0.1, -0.05) is 22.0 Å². The minimum atomic E-state index is -0.0140. The molecule has 1 aliphatic rings. The van der Waals surface area contributed by atoms with Gasteiger partial charge in [-0.2, -0.15) is 11.8 Å². The van der Waals surface area contributed by atoms with Crippen LogP contribution in [-0.2, 0) is 4.79 Å². The van der Waals surface area contributed by atoms with Gasteiger partial charge in [0.25, 0.3) is 0 Å². The van der Waals surface area contributed by atoms with Crippen molar-refractivity contribution >= 4 is 57.8 Å². The molecule has 0 radical (unpaired) electrons. The van der Waals surface area contributed by atoms with Gasteiger partial charge in [0, 0.05) is 34.2 Å². The summed E-state index contributed by atoms with van der Waals surface area (Å²) >= 11 is 6.96. The van der Waals surface area contributed by atoms with Gasteiger partial charge in [0.1, 0.15) is 5.75 Å². The van der Waals surface area contributed by atoms with Crippen molar-refractivity contribution in [3.05, 3.63) is 28.7 Å². The van der Waals surface area contributed by atoms with Crippen LogP contribution in [-0.4, -0.2) is 48.2 Å². The number of halogens is 2. The van der Waals surface area contributed by atoms with Crippen LogP contribution in [0.3, 0.4) is 0 Å². The zero-order chi connectivity index (χ0) is 14.9. The van der Waals surface area contributed by atoms with Crippen LogP contribution in [0.15, 0.2) is 28.7 Å². The van der Waals surface area contributed by atoms with Crippen LogP contribution >= 0.6 is 51.9 Å². The minimum absolute atomic E-state index is 0. The van der Waals surface area contributed by atoms with Gasteiger partial charge >= 0.3 is 0 Å². The highest BCUT2D eigenvalue weighted by molar-refractivity contribution is 9.10. The second-order valence-electron chi connectivity index (χ2n) is 4.48. The van der Waals surface area contributed by atoms with Crippen molar-refractivity contribution in [2.75, 3.05) is 36.3 Å². The van der Waals surface area contributed by atoms with E-state index >= 15 is 0 Å². The molecular weight excluding hydrogens is 408 g/mol. The number of amides is 1. The summed E-state index contributed by atoms with van der Waals surface area (Å²) in [4.78, 5) is 11.7. The van der Waals surface area contributed by atoms with Crippen LogP contribution in [0.4, 0.5) is 0 Å². The van der Waals surface area contributed by atoms with Gasteiger partial charge in [-0.05, 0) is 18.2 Å². The lowest BCUT2D eigenvalue weighted by Gasteiger charge is -2.10. The van der Waals surface area contributed by atoms with E-state index in [9.17, 15) is 4.79 Å². The van der Waals surface area contributed by atoms with Gasteiger partial charge in [-0.15, -0.1) is 24.2 Å². The summed E-state index contributed by atoms with van der Waals surface area (Å²) in [6, 6.07) is 7.82. The molecule has 4 nitrogen and oxygen atoms in total. The third kappa shape index (κ3) is 7.46. The first-order valence-corrected chi connectivity index (χ1v) is 9.91. The molecule has 1 unspecified atom stereocenters. The van der Waals surface area contributed by atoms with Crippen LogP contribution in [0.5, 0.6) is 5.75 Å². The van der Waals surface area contributed by atoms with Crippen molar-refractivity contribution < 1.29 is 9.53 Å². The molecule has 0 aliphatic carbocycles. The van der Waals surface area contributed by atoms with E-state index in [-0.39, 0.29) is 24.4 Å². The van der Waals surface area contributed by atoms with E-state index in [1.54, 1.807) is 23.5 Å². The number of rotatable bonds is 8. The first-order chi connectivity index (χ1) is 10.3. The maximum absolute atomic E-state index is 11.7. The number of hydrogen-bond donors (Lipinski definition) is 2. The van der Waals surface area contributed by atoms with E-state index in [0.29, 0.717) is 13.2 Å². The molecule has 0 spiro atoms. The van der Waals surface area contributed by atoms with Crippen LogP contribution in [0.25, 0.3) is 0 Å². The predicted octanol–water partition coefficient (Wildman–Crippen LogP) is 2.76. The Kier molecular flexibility index (Phi) is 10.4. The van der Waals surface area contributed by atoms with E-state index in [1.807, 2.05) is 24.3 Å². The lowest BCUT2D eigenvalue weighted by molar-refractivity contribution is -0.122. The first kappa shape index (κ1) is 20.0. The molecule has 0 saturated carbocycles. The van der Waals surface area contributed by atoms with Crippen LogP contribution in [0.2, 0.25) is 0 Å². The topological polar surface area (TPSA) is 50.4 Å². The lowest BCUT2D eigenvalue weighted by Crippen LogP contribution is -2.42. The highest BCUT2D eigenvalue weighted by Gasteiger charge is 2.21. The lowest BCUT2D eigenvalue weighted by atomic mass is 10.3. The zero-order valence-corrected chi connectivity index (χ0v) is 16.1. The molecule has 2 N–H and O–H groups in total. The van der Waals surface area contributed by atoms with Crippen LogP contribution in [0.1, 0.15) is 0 Å². The van der Waals surface area contributed by atoms with Gasteiger partial charge in [-0.3, -0.25) is 10.1 Å². The summed E-state index contributed by atoms with van der Waals surface area (Å²) in [6.07, 6.45) is 0. The molecule has 1 fully saturated rings. The van der Waals surface area contributed by atoms with E-state index in [1.165, 1.54) is 0 Å². The van der Waals surface area contributed by atoms with Gasteiger partial charge in [-0.25, -0.2) is 0 Å². The summed E-state index contributed by atoms with van der Waals surface area (Å²) in [5.41, 5.74) is 0. The smallest absolute Gasteiger partial charge is 0.238 e. The summed E-state index contributed by atoms with van der Waals surface area (Å²) < 4.78 is 6.67. The molecular formula is C14H20BrClN2O2S2. The van der Waals surface area contributed by atoms with E-state index in [4.69, 9.17) is 4.74 Å². The van der Waals surface area contributed by atoms with Crippen LogP contribution in [0, 0.1) is 0 Å². The molecule has 1 aliphatic heterocycles. The van der Waals surface area contributed by atoms with Crippen molar-refractivity contribution in [2.45, 2.75) is 6.04 Å². The summed E-state index contributed by atoms with van der Waals surface area (Å²) in [7, 11) is 0. The second kappa shape index (κ2) is 11.5. The molecule has 8 heteroatoms. The number of hydrogen-bond acceptors (Lipinski definition) is 5. The average Bonchev–Trinajstić information content (AvgIpc) is 3.00. The Labute approximate surface area is 154 Å². The Balaban J connectivity index is 0.00000242. The van der Waals surface area contributed by atoms with E-state index < -0.39 is 0 Å². The molecule has 1 heterocycles. The number of benzene rings is 1. The second-order valence-corrected chi connectivity index (χ2v) is 7.65. The van der Waals surface area contributed by atoms with E-state index in [0.717, 1.165) is 33.4 Å². The van der Waals surface area contributed by atoms with Gasteiger partial charge in [0.2, 0.25) is 5.91 Å². The summed E-state index contributed by atoms with van der Waals surface area (Å²) in [5, 5.41) is 6.12. The van der Waals surface area contributed by atoms with E-state index in [2.05, 4.69) is 26.6 Å². The molecule has 1 saturated heterocycles. The average molecular weight is 428 g/mol. The fourth-order valence-electron chi connectivity index (χ4n) is 1.81. The van der Waals surface area contributed by atoms with Crippen molar-refractivity contribution in [2.24, 2.45) is 0 Å². The van der Waals surface area contributed by atoms with Crippen molar-refractivity contribution in [3.8, 4) is 5.75 Å². The first-order valence-electron chi connectivity index (χ1n) is 6.80.